The zero-order valence-electron chi connectivity index (χ0n) is 8.16. The molecule has 3 rings (SSSR count). The van der Waals surface area contributed by atoms with E-state index in [0.29, 0.717) is 0 Å². The summed E-state index contributed by atoms with van der Waals surface area (Å²) in [6.45, 7) is 0. The van der Waals surface area contributed by atoms with Gasteiger partial charge in [0, 0.05) is 4.83 Å². The smallest absolute Gasteiger partial charge is 0.0220 e. The third-order valence-electron chi connectivity index (χ3n) is 3.90. The van der Waals surface area contributed by atoms with E-state index in [2.05, 4.69) is 32.8 Å². The average molecular weight is 271 g/mol. The molecule has 3 unspecified atom stereocenters. The van der Waals surface area contributed by atoms with Crippen molar-refractivity contribution in [3.05, 3.63) is 22.4 Å². The molecule has 2 aliphatic carbocycles. The zero-order valence-corrected chi connectivity index (χ0v) is 10.6. The number of hydrogen-bond donors (Lipinski definition) is 0. The van der Waals surface area contributed by atoms with E-state index in [1.807, 2.05) is 11.3 Å². The highest BCUT2D eigenvalue weighted by Gasteiger charge is 2.54. The maximum atomic E-state index is 3.89. The fourth-order valence-corrected chi connectivity index (χ4v) is 5.02. The molecule has 0 amide bonds. The van der Waals surface area contributed by atoms with Crippen LogP contribution in [0.25, 0.3) is 0 Å². The van der Waals surface area contributed by atoms with Crippen molar-refractivity contribution >= 4 is 27.3 Å². The van der Waals surface area contributed by atoms with E-state index in [1.165, 1.54) is 31.2 Å². The van der Waals surface area contributed by atoms with Crippen LogP contribution < -0.4 is 0 Å². The van der Waals surface area contributed by atoms with E-state index < -0.39 is 0 Å². The van der Waals surface area contributed by atoms with Crippen LogP contribution in [0, 0.1) is 17.8 Å². The summed E-state index contributed by atoms with van der Waals surface area (Å²) in [5.41, 5.74) is 1.52. The summed E-state index contributed by atoms with van der Waals surface area (Å²) in [5, 5.41) is 4.47. The number of fused-ring (bicyclic) bond motifs is 1. The normalized spacial score (nSPS) is 36.8. The first kappa shape index (κ1) is 9.41. The first-order chi connectivity index (χ1) is 6.86. The van der Waals surface area contributed by atoms with E-state index >= 15 is 0 Å². The van der Waals surface area contributed by atoms with E-state index in [1.54, 1.807) is 0 Å². The zero-order chi connectivity index (χ0) is 9.54. The van der Waals surface area contributed by atoms with Crippen molar-refractivity contribution in [2.24, 2.45) is 17.8 Å². The molecule has 2 saturated carbocycles. The minimum atomic E-state index is 0.743. The highest BCUT2D eigenvalue weighted by molar-refractivity contribution is 9.09. The van der Waals surface area contributed by atoms with Crippen molar-refractivity contribution in [3.63, 3.8) is 0 Å². The van der Waals surface area contributed by atoms with E-state index in [-0.39, 0.29) is 0 Å². The molecule has 2 heteroatoms. The average Bonchev–Trinajstić information content (AvgIpc) is 2.63. The molecule has 2 fully saturated rings. The van der Waals surface area contributed by atoms with Crippen molar-refractivity contribution in [1.82, 2.24) is 0 Å². The Kier molecular flexibility index (Phi) is 2.45. The lowest BCUT2D eigenvalue weighted by Gasteiger charge is -2.10. The minimum Gasteiger partial charge on any atom is -0.152 e. The molecule has 14 heavy (non-hydrogen) atoms. The Hall–Kier alpha value is 0.180. The van der Waals surface area contributed by atoms with Gasteiger partial charge in [0.15, 0.2) is 0 Å². The summed E-state index contributed by atoms with van der Waals surface area (Å²) >= 11 is 5.70. The molecular formula is C12H15BrS. The van der Waals surface area contributed by atoms with Crippen molar-refractivity contribution in [2.75, 3.05) is 0 Å². The Morgan fingerprint density at radius 3 is 2.86 bits per heavy atom. The molecule has 3 atom stereocenters. The molecule has 0 saturated heterocycles. The largest absolute Gasteiger partial charge is 0.152 e. The summed E-state index contributed by atoms with van der Waals surface area (Å²) in [5.74, 6) is 3.17. The lowest BCUT2D eigenvalue weighted by atomic mass is 10.0. The number of alkyl halides is 1. The van der Waals surface area contributed by atoms with E-state index in [9.17, 15) is 0 Å². The van der Waals surface area contributed by atoms with Gasteiger partial charge in [0.1, 0.15) is 0 Å². The summed E-state index contributed by atoms with van der Waals surface area (Å²) in [6.07, 6.45) is 5.73. The second-order valence-electron chi connectivity index (χ2n) is 4.69. The van der Waals surface area contributed by atoms with Crippen LogP contribution in [0.5, 0.6) is 0 Å². The molecule has 0 radical (unpaired) electrons. The number of thiophene rings is 1. The highest BCUT2D eigenvalue weighted by atomic mass is 79.9. The minimum absolute atomic E-state index is 0.743. The Balaban J connectivity index is 1.59. The lowest BCUT2D eigenvalue weighted by molar-refractivity contribution is 0.569. The van der Waals surface area contributed by atoms with E-state index in [0.717, 1.165) is 22.6 Å². The van der Waals surface area contributed by atoms with Gasteiger partial charge in [-0.25, -0.2) is 0 Å². The van der Waals surface area contributed by atoms with Gasteiger partial charge in [-0.1, -0.05) is 22.4 Å². The van der Waals surface area contributed by atoms with Crippen LogP contribution in [0.1, 0.15) is 24.8 Å². The standard InChI is InChI=1S/C12H15BrS/c13-11(6-8-4-5-14-7-8)12-9-2-1-3-10(9)12/h4-5,7,9-12H,1-3,6H2. The monoisotopic (exact) mass is 270 g/mol. The first-order valence-electron chi connectivity index (χ1n) is 5.51. The molecule has 0 bridgehead atoms. The predicted octanol–water partition coefficient (Wildman–Crippen LogP) is 4.10. The molecule has 0 N–H and O–H groups in total. The summed E-state index contributed by atoms with van der Waals surface area (Å²) in [7, 11) is 0. The van der Waals surface area contributed by atoms with Crippen LogP contribution in [0.15, 0.2) is 16.8 Å². The summed E-state index contributed by atoms with van der Waals surface area (Å²) in [6, 6.07) is 2.26. The number of halogens is 1. The third kappa shape index (κ3) is 1.57. The maximum Gasteiger partial charge on any atom is 0.0220 e. The maximum absolute atomic E-state index is 3.89. The van der Waals surface area contributed by atoms with Gasteiger partial charge in [-0.15, -0.1) is 0 Å². The van der Waals surface area contributed by atoms with Gasteiger partial charge in [0.05, 0.1) is 0 Å². The SMILES string of the molecule is BrC(Cc1ccsc1)C1C2CCCC21. The molecule has 1 aromatic rings. The van der Waals surface area contributed by atoms with Crippen molar-refractivity contribution < 1.29 is 0 Å². The molecular weight excluding hydrogens is 256 g/mol. The Labute approximate surface area is 97.8 Å². The topological polar surface area (TPSA) is 0 Å². The van der Waals surface area contributed by atoms with Gasteiger partial charge < -0.3 is 0 Å². The summed E-state index contributed by atoms with van der Waals surface area (Å²) in [4.78, 5) is 0.743. The third-order valence-corrected chi connectivity index (χ3v) is 5.57. The van der Waals surface area contributed by atoms with Gasteiger partial charge in [-0.05, 0) is 59.4 Å². The fraction of sp³-hybridized carbons (Fsp3) is 0.667. The van der Waals surface area contributed by atoms with Crippen LogP contribution in [0.4, 0.5) is 0 Å². The van der Waals surface area contributed by atoms with Crippen LogP contribution in [-0.2, 0) is 6.42 Å². The number of hydrogen-bond acceptors (Lipinski definition) is 1. The second kappa shape index (κ2) is 3.64. The van der Waals surface area contributed by atoms with Gasteiger partial charge in [-0.3, -0.25) is 0 Å². The summed E-state index contributed by atoms with van der Waals surface area (Å²) < 4.78 is 0. The van der Waals surface area contributed by atoms with Gasteiger partial charge in [0.2, 0.25) is 0 Å². The predicted molar refractivity (Wildman–Crippen MR) is 65.1 cm³/mol. The van der Waals surface area contributed by atoms with Crippen molar-refractivity contribution in [2.45, 2.75) is 30.5 Å². The van der Waals surface area contributed by atoms with Gasteiger partial charge in [0.25, 0.3) is 0 Å². The van der Waals surface area contributed by atoms with Gasteiger partial charge in [-0.2, -0.15) is 11.3 Å². The Bertz CT molecular complexity index is 296. The van der Waals surface area contributed by atoms with Gasteiger partial charge >= 0.3 is 0 Å². The Morgan fingerprint density at radius 2 is 2.21 bits per heavy atom. The van der Waals surface area contributed by atoms with Crippen LogP contribution in [0.3, 0.4) is 0 Å². The lowest BCUT2D eigenvalue weighted by Crippen LogP contribution is -2.08. The number of rotatable bonds is 3. The molecule has 1 aromatic heterocycles. The quantitative estimate of drug-likeness (QED) is 0.726. The first-order valence-corrected chi connectivity index (χ1v) is 7.37. The molecule has 0 aromatic carbocycles. The van der Waals surface area contributed by atoms with Crippen LogP contribution in [-0.4, -0.2) is 4.83 Å². The van der Waals surface area contributed by atoms with Crippen LogP contribution >= 0.6 is 27.3 Å². The molecule has 0 nitrogen and oxygen atoms in total. The molecule has 2 aliphatic rings. The molecule has 1 heterocycles. The molecule has 0 aliphatic heterocycles. The van der Waals surface area contributed by atoms with Crippen molar-refractivity contribution in [1.29, 1.82) is 0 Å². The molecule has 76 valence electrons. The van der Waals surface area contributed by atoms with Crippen LogP contribution in [0.2, 0.25) is 0 Å². The van der Waals surface area contributed by atoms with E-state index in [4.69, 9.17) is 0 Å². The Morgan fingerprint density at radius 1 is 1.43 bits per heavy atom. The second-order valence-corrected chi connectivity index (χ2v) is 6.64. The highest BCUT2D eigenvalue weighted by Crippen LogP contribution is 2.60. The fourth-order valence-electron chi connectivity index (χ4n) is 3.18. The molecule has 0 spiro atoms. The van der Waals surface area contributed by atoms with Crippen molar-refractivity contribution in [3.8, 4) is 0 Å².